The van der Waals surface area contributed by atoms with Crippen molar-refractivity contribution in [3.05, 3.63) is 77.5 Å². The Bertz CT molecular complexity index is 910. The highest BCUT2D eigenvalue weighted by Gasteiger charge is 2.13. The van der Waals surface area contributed by atoms with Crippen molar-refractivity contribution in [2.24, 2.45) is 0 Å². The molecule has 6 nitrogen and oxygen atoms in total. The molecule has 0 unspecified atom stereocenters. The molecule has 0 aliphatic heterocycles. The lowest BCUT2D eigenvalue weighted by molar-refractivity contribution is 0.0790. The van der Waals surface area contributed by atoms with E-state index in [2.05, 4.69) is 46.2 Å². The van der Waals surface area contributed by atoms with Gasteiger partial charge in [0.1, 0.15) is 11.5 Å². The van der Waals surface area contributed by atoms with Gasteiger partial charge in [-0.3, -0.25) is 9.78 Å². The summed E-state index contributed by atoms with van der Waals surface area (Å²) in [6, 6.07) is 10.0. The summed E-state index contributed by atoms with van der Waals surface area (Å²) in [4.78, 5) is 26.7. The Morgan fingerprint density at radius 1 is 1.04 bits per heavy atom. The molecule has 6 heteroatoms. The summed E-state index contributed by atoms with van der Waals surface area (Å²) in [5.74, 6) is 0.462. The maximum atomic E-state index is 12.5. The van der Waals surface area contributed by atoms with Crippen molar-refractivity contribution in [3.8, 4) is 0 Å². The lowest BCUT2D eigenvalue weighted by Crippen LogP contribution is -2.29. The van der Waals surface area contributed by atoms with E-state index in [0.717, 1.165) is 17.7 Å². The average molecular weight is 361 g/mol. The zero-order valence-corrected chi connectivity index (χ0v) is 15.8. The molecule has 1 aromatic carbocycles. The van der Waals surface area contributed by atoms with E-state index in [1.165, 1.54) is 17.3 Å². The smallest absolute Gasteiger partial charge is 0.273 e. The standard InChI is InChI=1S/C21H23N5O/c1-15-4-5-18(12-16(15)2)25-20-14-23-19(13-24-20)21(27)26(3)11-8-17-6-9-22-10-7-17/h4-7,9-10,12-14H,8,11H2,1-3H3,(H,24,25). The SMILES string of the molecule is Cc1ccc(Nc2cnc(C(=O)N(C)CCc3ccncc3)cn2)cc1C. The molecule has 0 saturated carbocycles. The molecule has 1 amide bonds. The van der Waals surface area contributed by atoms with Gasteiger partial charge in [-0.15, -0.1) is 0 Å². The minimum absolute atomic E-state index is 0.144. The number of aryl methyl sites for hydroxylation is 2. The lowest BCUT2D eigenvalue weighted by atomic mass is 10.1. The van der Waals surface area contributed by atoms with Gasteiger partial charge < -0.3 is 10.2 Å². The normalized spacial score (nSPS) is 10.5. The minimum atomic E-state index is -0.144. The first-order valence-corrected chi connectivity index (χ1v) is 8.83. The van der Waals surface area contributed by atoms with Gasteiger partial charge in [-0.1, -0.05) is 6.07 Å². The number of benzene rings is 1. The lowest BCUT2D eigenvalue weighted by Gasteiger charge is -2.16. The first kappa shape index (κ1) is 18.5. The van der Waals surface area contributed by atoms with Crippen LogP contribution in [0.1, 0.15) is 27.2 Å². The van der Waals surface area contributed by atoms with Gasteiger partial charge in [0, 0.05) is 31.7 Å². The zero-order valence-electron chi connectivity index (χ0n) is 15.8. The van der Waals surface area contributed by atoms with Crippen LogP contribution >= 0.6 is 0 Å². The van der Waals surface area contributed by atoms with Crippen LogP contribution in [0.5, 0.6) is 0 Å². The molecule has 0 radical (unpaired) electrons. The number of hydrogen-bond acceptors (Lipinski definition) is 5. The van der Waals surface area contributed by atoms with Gasteiger partial charge in [0.2, 0.25) is 0 Å². The second-order valence-corrected chi connectivity index (χ2v) is 6.54. The summed E-state index contributed by atoms with van der Waals surface area (Å²) in [5, 5.41) is 3.21. The van der Waals surface area contributed by atoms with E-state index in [4.69, 9.17) is 0 Å². The predicted octanol–water partition coefficient (Wildman–Crippen LogP) is 3.55. The molecule has 1 N–H and O–H groups in total. The summed E-state index contributed by atoms with van der Waals surface area (Å²) in [7, 11) is 1.77. The van der Waals surface area contributed by atoms with E-state index in [1.54, 1.807) is 30.5 Å². The summed E-state index contributed by atoms with van der Waals surface area (Å²) in [6.07, 6.45) is 7.37. The highest BCUT2D eigenvalue weighted by atomic mass is 16.2. The number of nitrogens with zero attached hydrogens (tertiary/aromatic N) is 4. The molecule has 138 valence electrons. The Labute approximate surface area is 159 Å². The van der Waals surface area contributed by atoms with Crippen LogP contribution in [-0.4, -0.2) is 39.4 Å². The van der Waals surface area contributed by atoms with Crippen LogP contribution in [0.4, 0.5) is 11.5 Å². The van der Waals surface area contributed by atoms with E-state index in [1.807, 2.05) is 18.2 Å². The maximum Gasteiger partial charge on any atom is 0.273 e. The maximum absolute atomic E-state index is 12.5. The van der Waals surface area contributed by atoms with Crippen LogP contribution in [0.3, 0.4) is 0 Å². The monoisotopic (exact) mass is 361 g/mol. The van der Waals surface area contributed by atoms with E-state index in [0.29, 0.717) is 18.1 Å². The van der Waals surface area contributed by atoms with Gasteiger partial charge in [-0.2, -0.15) is 0 Å². The number of rotatable bonds is 6. The van der Waals surface area contributed by atoms with E-state index in [9.17, 15) is 4.79 Å². The summed E-state index contributed by atoms with van der Waals surface area (Å²) in [6.45, 7) is 4.74. The van der Waals surface area contributed by atoms with Crippen molar-refractivity contribution in [3.63, 3.8) is 0 Å². The fraction of sp³-hybridized carbons (Fsp3) is 0.238. The number of carbonyl (C=O) groups is 1. The molecule has 27 heavy (non-hydrogen) atoms. The number of likely N-dealkylation sites (N-methyl/N-ethyl adjacent to an activating group) is 1. The molecule has 3 aromatic rings. The molecular weight excluding hydrogens is 338 g/mol. The Balaban J connectivity index is 1.60. The molecular formula is C21H23N5O. The zero-order chi connectivity index (χ0) is 19.2. The third-order valence-electron chi connectivity index (χ3n) is 4.48. The Hall–Kier alpha value is -3.28. The minimum Gasteiger partial charge on any atom is -0.340 e. The van der Waals surface area contributed by atoms with E-state index < -0.39 is 0 Å². The highest BCUT2D eigenvalue weighted by molar-refractivity contribution is 5.91. The largest absolute Gasteiger partial charge is 0.340 e. The van der Waals surface area contributed by atoms with Crippen LogP contribution in [-0.2, 0) is 6.42 Å². The number of amides is 1. The fourth-order valence-corrected chi connectivity index (χ4v) is 2.61. The first-order valence-electron chi connectivity index (χ1n) is 8.83. The van der Waals surface area contributed by atoms with Crippen molar-refractivity contribution >= 4 is 17.4 Å². The molecule has 0 bridgehead atoms. The van der Waals surface area contributed by atoms with Gasteiger partial charge >= 0.3 is 0 Å². The topological polar surface area (TPSA) is 71.0 Å². The molecule has 0 saturated heterocycles. The van der Waals surface area contributed by atoms with Crippen LogP contribution in [0.2, 0.25) is 0 Å². The summed E-state index contributed by atoms with van der Waals surface area (Å²) >= 11 is 0. The molecule has 0 atom stereocenters. The first-order chi connectivity index (χ1) is 13.0. The van der Waals surface area contributed by atoms with Crippen molar-refractivity contribution in [2.45, 2.75) is 20.3 Å². The number of anilines is 2. The molecule has 0 aliphatic carbocycles. The van der Waals surface area contributed by atoms with Crippen molar-refractivity contribution in [1.82, 2.24) is 19.9 Å². The van der Waals surface area contributed by atoms with Gasteiger partial charge in [0.15, 0.2) is 0 Å². The van der Waals surface area contributed by atoms with Crippen LogP contribution in [0, 0.1) is 13.8 Å². The molecule has 0 spiro atoms. The number of hydrogen-bond donors (Lipinski definition) is 1. The molecule has 0 fully saturated rings. The number of aromatic nitrogens is 3. The van der Waals surface area contributed by atoms with Crippen molar-refractivity contribution in [1.29, 1.82) is 0 Å². The molecule has 0 aliphatic rings. The fourth-order valence-electron chi connectivity index (χ4n) is 2.61. The average Bonchev–Trinajstić information content (AvgIpc) is 2.70. The van der Waals surface area contributed by atoms with Gasteiger partial charge in [-0.05, 0) is 61.2 Å². The van der Waals surface area contributed by atoms with Gasteiger partial charge in [0.05, 0.1) is 12.4 Å². The Morgan fingerprint density at radius 3 is 2.48 bits per heavy atom. The van der Waals surface area contributed by atoms with Crippen molar-refractivity contribution < 1.29 is 4.79 Å². The quantitative estimate of drug-likeness (QED) is 0.727. The molecule has 2 aromatic heterocycles. The number of nitrogens with one attached hydrogen (secondary N) is 1. The Morgan fingerprint density at radius 2 is 1.81 bits per heavy atom. The summed E-state index contributed by atoms with van der Waals surface area (Å²) < 4.78 is 0. The number of pyridine rings is 1. The van der Waals surface area contributed by atoms with Crippen LogP contribution in [0.15, 0.2) is 55.1 Å². The van der Waals surface area contributed by atoms with Crippen LogP contribution in [0.25, 0.3) is 0 Å². The van der Waals surface area contributed by atoms with E-state index >= 15 is 0 Å². The highest BCUT2D eigenvalue weighted by Crippen LogP contribution is 2.18. The number of carbonyl (C=O) groups excluding carboxylic acids is 1. The van der Waals surface area contributed by atoms with Crippen molar-refractivity contribution in [2.75, 3.05) is 18.9 Å². The van der Waals surface area contributed by atoms with Crippen LogP contribution < -0.4 is 5.32 Å². The third-order valence-corrected chi connectivity index (χ3v) is 4.48. The third kappa shape index (κ3) is 4.88. The second kappa shape index (κ2) is 8.40. The molecule has 3 rings (SSSR count). The second-order valence-electron chi connectivity index (χ2n) is 6.54. The summed E-state index contributed by atoms with van der Waals surface area (Å²) in [5.41, 5.74) is 4.86. The predicted molar refractivity (Wildman–Crippen MR) is 106 cm³/mol. The Kier molecular flexibility index (Phi) is 5.76. The van der Waals surface area contributed by atoms with E-state index in [-0.39, 0.29) is 5.91 Å². The van der Waals surface area contributed by atoms with Gasteiger partial charge in [0.25, 0.3) is 5.91 Å². The van der Waals surface area contributed by atoms with Gasteiger partial charge in [-0.25, -0.2) is 9.97 Å². The molecule has 2 heterocycles.